The molecule has 2 saturated heterocycles. The van der Waals surface area contributed by atoms with Gasteiger partial charge >= 0.3 is 6.03 Å². The number of hydrogen-bond donors (Lipinski definition) is 2. The first-order valence-corrected chi connectivity index (χ1v) is 10.7. The van der Waals surface area contributed by atoms with Crippen molar-refractivity contribution in [2.45, 2.75) is 38.3 Å². The van der Waals surface area contributed by atoms with Crippen molar-refractivity contribution in [2.75, 3.05) is 35.9 Å². The summed E-state index contributed by atoms with van der Waals surface area (Å²) < 4.78 is 38.8. The maximum atomic E-state index is 13.9. The molecule has 0 bridgehead atoms. The number of hydrogen-bond acceptors (Lipinski definition) is 4. The molecule has 0 aliphatic carbocycles. The number of urea groups is 1. The van der Waals surface area contributed by atoms with E-state index in [1.54, 1.807) is 4.90 Å². The second kappa shape index (κ2) is 7.40. The topological polar surface area (TPSA) is 81.8 Å². The highest BCUT2D eigenvalue weighted by molar-refractivity contribution is 7.92. The van der Waals surface area contributed by atoms with Gasteiger partial charge in [0.15, 0.2) is 0 Å². The van der Waals surface area contributed by atoms with Crippen LogP contribution in [0.15, 0.2) is 18.2 Å². The van der Waals surface area contributed by atoms with E-state index in [9.17, 15) is 17.6 Å². The molecule has 1 aromatic carbocycles. The number of amides is 2. The van der Waals surface area contributed by atoms with E-state index in [4.69, 9.17) is 0 Å². The van der Waals surface area contributed by atoms with E-state index in [2.05, 4.69) is 21.9 Å². The SMILES string of the molecule is C[C@H]1CCCCN1C1CN(C(=O)Nc2cc(NS(C)(=O)=O)ccc2F)C1. The van der Waals surface area contributed by atoms with Crippen LogP contribution in [0, 0.1) is 5.82 Å². The number of carbonyl (C=O) groups is 1. The largest absolute Gasteiger partial charge is 0.322 e. The standard InChI is InChI=1S/C17H25FN4O3S/c1-12-5-3-4-8-22(12)14-10-21(11-14)17(23)19-16-9-13(6-7-15(16)18)20-26(2,24)25/h6-7,9,12,14,20H,3-5,8,10-11H2,1-2H3,(H,19,23)/t12-/m0/s1. The van der Waals surface area contributed by atoms with Crippen molar-refractivity contribution in [1.82, 2.24) is 9.80 Å². The van der Waals surface area contributed by atoms with Gasteiger partial charge in [-0.05, 0) is 44.5 Å². The van der Waals surface area contributed by atoms with Crippen LogP contribution < -0.4 is 10.0 Å². The zero-order valence-corrected chi connectivity index (χ0v) is 15.9. The van der Waals surface area contributed by atoms with E-state index < -0.39 is 15.8 Å². The number of piperidine rings is 1. The molecule has 2 amide bonds. The normalized spacial score (nSPS) is 22.0. The zero-order chi connectivity index (χ0) is 18.9. The highest BCUT2D eigenvalue weighted by Gasteiger charge is 2.37. The highest BCUT2D eigenvalue weighted by atomic mass is 32.2. The minimum Gasteiger partial charge on any atom is -0.321 e. The molecule has 0 aromatic heterocycles. The number of nitrogens with zero attached hydrogens (tertiary/aromatic N) is 2. The number of anilines is 2. The van der Waals surface area contributed by atoms with Crippen LogP contribution >= 0.6 is 0 Å². The first-order valence-electron chi connectivity index (χ1n) is 8.82. The maximum absolute atomic E-state index is 13.9. The van der Waals surface area contributed by atoms with Crippen molar-refractivity contribution in [2.24, 2.45) is 0 Å². The molecule has 1 atom stereocenters. The average Bonchev–Trinajstić information content (AvgIpc) is 2.49. The van der Waals surface area contributed by atoms with Gasteiger partial charge in [-0.1, -0.05) is 6.42 Å². The van der Waals surface area contributed by atoms with Crippen LogP contribution in [-0.2, 0) is 10.0 Å². The van der Waals surface area contributed by atoms with Gasteiger partial charge in [-0.15, -0.1) is 0 Å². The Morgan fingerprint density at radius 3 is 2.65 bits per heavy atom. The van der Waals surface area contributed by atoms with Gasteiger partial charge in [-0.2, -0.15) is 0 Å². The number of carbonyl (C=O) groups excluding carboxylic acids is 1. The van der Waals surface area contributed by atoms with E-state index in [0.29, 0.717) is 25.2 Å². The van der Waals surface area contributed by atoms with Crippen LogP contribution in [0.2, 0.25) is 0 Å². The Bertz CT molecular complexity index is 780. The van der Waals surface area contributed by atoms with E-state index in [1.807, 2.05) is 0 Å². The molecule has 0 radical (unpaired) electrons. The summed E-state index contributed by atoms with van der Waals surface area (Å²) in [6, 6.07) is 4.23. The maximum Gasteiger partial charge on any atom is 0.322 e. The van der Waals surface area contributed by atoms with E-state index in [1.165, 1.54) is 31.4 Å². The van der Waals surface area contributed by atoms with Gasteiger partial charge in [-0.25, -0.2) is 17.6 Å². The zero-order valence-electron chi connectivity index (χ0n) is 15.0. The van der Waals surface area contributed by atoms with Crippen LogP contribution in [0.3, 0.4) is 0 Å². The third kappa shape index (κ3) is 4.45. The van der Waals surface area contributed by atoms with Gasteiger partial charge in [0.1, 0.15) is 5.82 Å². The number of nitrogens with one attached hydrogen (secondary N) is 2. The summed E-state index contributed by atoms with van der Waals surface area (Å²) >= 11 is 0. The van der Waals surface area contributed by atoms with Crippen LogP contribution in [-0.4, -0.2) is 62.2 Å². The molecule has 0 saturated carbocycles. The number of rotatable bonds is 4. The summed E-state index contributed by atoms with van der Waals surface area (Å²) in [4.78, 5) is 16.4. The first kappa shape index (κ1) is 18.9. The van der Waals surface area contributed by atoms with Crippen LogP contribution in [0.4, 0.5) is 20.6 Å². The molecule has 0 spiro atoms. The van der Waals surface area contributed by atoms with Crippen LogP contribution in [0.25, 0.3) is 0 Å². The summed E-state index contributed by atoms with van der Waals surface area (Å²) in [6.45, 7) is 4.53. The Balaban J connectivity index is 1.58. The Morgan fingerprint density at radius 1 is 1.27 bits per heavy atom. The molecule has 3 rings (SSSR count). The molecule has 2 heterocycles. The molecule has 2 aliphatic rings. The summed E-state index contributed by atoms with van der Waals surface area (Å²) in [6.07, 6.45) is 4.65. The first-order chi connectivity index (χ1) is 12.2. The third-order valence-corrected chi connectivity index (χ3v) is 5.59. The Morgan fingerprint density at radius 2 is 2.00 bits per heavy atom. The Kier molecular flexibility index (Phi) is 5.38. The van der Waals surface area contributed by atoms with Gasteiger partial charge in [0.25, 0.3) is 0 Å². The molecule has 1 aromatic rings. The lowest BCUT2D eigenvalue weighted by Gasteiger charge is -2.49. The Labute approximate surface area is 153 Å². The van der Waals surface area contributed by atoms with Crippen LogP contribution in [0.5, 0.6) is 0 Å². The van der Waals surface area contributed by atoms with Crippen molar-refractivity contribution in [3.8, 4) is 0 Å². The molecule has 2 fully saturated rings. The van der Waals surface area contributed by atoms with Gasteiger partial charge in [0.2, 0.25) is 10.0 Å². The fourth-order valence-electron chi connectivity index (χ4n) is 3.59. The number of sulfonamides is 1. The second-order valence-corrected chi connectivity index (χ2v) is 8.89. The quantitative estimate of drug-likeness (QED) is 0.835. The number of likely N-dealkylation sites (tertiary alicyclic amines) is 2. The average molecular weight is 384 g/mol. The molecule has 0 unspecified atom stereocenters. The van der Waals surface area contributed by atoms with Crippen molar-refractivity contribution in [1.29, 1.82) is 0 Å². The highest BCUT2D eigenvalue weighted by Crippen LogP contribution is 2.26. The summed E-state index contributed by atoms with van der Waals surface area (Å²) in [7, 11) is -3.47. The third-order valence-electron chi connectivity index (χ3n) is 4.98. The lowest BCUT2D eigenvalue weighted by Crippen LogP contribution is -2.64. The van der Waals surface area contributed by atoms with Crippen molar-refractivity contribution in [3.63, 3.8) is 0 Å². The van der Waals surface area contributed by atoms with E-state index >= 15 is 0 Å². The number of halogens is 1. The molecule has 7 nitrogen and oxygen atoms in total. The van der Waals surface area contributed by atoms with Gasteiger partial charge in [0.05, 0.1) is 17.6 Å². The fraction of sp³-hybridized carbons (Fsp3) is 0.588. The minimum absolute atomic E-state index is 0.0431. The predicted octanol–water partition coefficient (Wildman–Crippen LogP) is 2.29. The molecule has 2 aliphatic heterocycles. The minimum atomic E-state index is -3.47. The van der Waals surface area contributed by atoms with Crippen molar-refractivity contribution < 1.29 is 17.6 Å². The molecule has 26 heavy (non-hydrogen) atoms. The summed E-state index contributed by atoms with van der Waals surface area (Å²) in [5.41, 5.74) is 0.159. The van der Waals surface area contributed by atoms with Gasteiger partial charge in [0, 0.05) is 25.2 Å². The Hall–Kier alpha value is -1.87. The lowest BCUT2D eigenvalue weighted by atomic mass is 9.98. The van der Waals surface area contributed by atoms with E-state index in [0.717, 1.165) is 18.9 Å². The van der Waals surface area contributed by atoms with Crippen LogP contribution in [0.1, 0.15) is 26.2 Å². The molecule has 144 valence electrons. The molecule has 9 heteroatoms. The van der Waals surface area contributed by atoms with Gasteiger partial charge < -0.3 is 10.2 Å². The van der Waals surface area contributed by atoms with Crippen molar-refractivity contribution >= 4 is 27.4 Å². The summed E-state index contributed by atoms with van der Waals surface area (Å²) in [5, 5.41) is 2.53. The summed E-state index contributed by atoms with van der Waals surface area (Å²) in [5.74, 6) is -0.612. The smallest absolute Gasteiger partial charge is 0.321 e. The molecular weight excluding hydrogens is 359 g/mol. The second-order valence-electron chi connectivity index (χ2n) is 7.14. The lowest BCUT2D eigenvalue weighted by molar-refractivity contribution is 0.0199. The molecular formula is C17H25FN4O3S. The predicted molar refractivity (Wildman–Crippen MR) is 99.3 cm³/mol. The number of benzene rings is 1. The fourth-order valence-corrected chi connectivity index (χ4v) is 4.14. The monoisotopic (exact) mass is 384 g/mol. The van der Waals surface area contributed by atoms with Gasteiger partial charge in [-0.3, -0.25) is 9.62 Å². The van der Waals surface area contributed by atoms with Crippen molar-refractivity contribution in [3.05, 3.63) is 24.0 Å². The van der Waals surface area contributed by atoms with E-state index in [-0.39, 0.29) is 17.4 Å². The molecule has 2 N–H and O–H groups in total.